The summed E-state index contributed by atoms with van der Waals surface area (Å²) in [6.45, 7) is 4.62. The lowest BCUT2D eigenvalue weighted by atomic mass is 10.0. The second-order valence-corrected chi connectivity index (χ2v) is 10.6. The van der Waals surface area contributed by atoms with Gasteiger partial charge in [0.05, 0.1) is 31.8 Å². The molecule has 0 aliphatic carbocycles. The lowest BCUT2D eigenvalue weighted by Gasteiger charge is -2.26. The molecular formula is C31H54N2O4. The maximum absolute atomic E-state index is 13.0. The third-order valence-corrected chi connectivity index (χ3v) is 7.11. The average Bonchev–Trinajstić information content (AvgIpc) is 2.93. The highest BCUT2D eigenvalue weighted by Gasteiger charge is 2.21. The summed E-state index contributed by atoms with van der Waals surface area (Å²) in [7, 11) is 0. The molecule has 0 aromatic heterocycles. The first kappa shape index (κ1) is 31.7. The van der Waals surface area contributed by atoms with Crippen LogP contribution in [0.3, 0.4) is 0 Å². The lowest BCUT2D eigenvalue weighted by Crippen LogP contribution is -2.41. The second-order valence-electron chi connectivity index (χ2n) is 10.6. The lowest BCUT2D eigenvalue weighted by molar-refractivity contribution is -0.167. The van der Waals surface area contributed by atoms with Crippen molar-refractivity contribution in [2.75, 3.05) is 19.8 Å². The SMILES string of the molecule is CCCCCCCCCCCC(CC(=O)N[C@H](CCCN)COC1CCCCO1)OCc1ccccc1. The standard InChI is InChI=1S/C31H54N2O4/c1-2-3-4-5-6-7-8-9-13-20-29(36-25-27-17-11-10-12-18-27)24-30(34)33-28(19-16-22-32)26-37-31-21-14-15-23-35-31/h10-12,17-18,28-29,31H,2-9,13-16,19-26,32H2,1H3,(H,33,34)/t28-,29?,31?/m1/s1. The fourth-order valence-electron chi connectivity index (χ4n) is 4.84. The van der Waals surface area contributed by atoms with Crippen molar-refractivity contribution < 1.29 is 19.0 Å². The van der Waals surface area contributed by atoms with Crippen LogP contribution in [0.1, 0.15) is 115 Å². The quantitative estimate of drug-likeness (QED) is 0.168. The molecule has 6 nitrogen and oxygen atoms in total. The van der Waals surface area contributed by atoms with Crippen molar-refractivity contribution in [1.82, 2.24) is 5.32 Å². The van der Waals surface area contributed by atoms with Gasteiger partial charge in [0.1, 0.15) is 0 Å². The number of rotatable bonds is 22. The van der Waals surface area contributed by atoms with Crippen LogP contribution in [0.5, 0.6) is 0 Å². The fraction of sp³-hybridized carbons (Fsp3) is 0.774. The van der Waals surface area contributed by atoms with Gasteiger partial charge in [0, 0.05) is 6.61 Å². The van der Waals surface area contributed by atoms with E-state index in [-0.39, 0.29) is 24.3 Å². The fourth-order valence-corrected chi connectivity index (χ4v) is 4.84. The van der Waals surface area contributed by atoms with Crippen molar-refractivity contribution in [2.45, 2.75) is 135 Å². The van der Waals surface area contributed by atoms with E-state index in [2.05, 4.69) is 24.4 Å². The zero-order valence-electron chi connectivity index (χ0n) is 23.5. The Morgan fingerprint density at radius 2 is 1.73 bits per heavy atom. The van der Waals surface area contributed by atoms with Gasteiger partial charge >= 0.3 is 0 Å². The Hall–Kier alpha value is -1.47. The summed E-state index contributed by atoms with van der Waals surface area (Å²) in [6.07, 6.45) is 17.5. The number of hydrogen-bond donors (Lipinski definition) is 2. The molecule has 0 radical (unpaired) electrons. The molecule has 1 aromatic carbocycles. The minimum atomic E-state index is -0.153. The normalized spacial score (nSPS) is 17.4. The Bertz CT molecular complexity index is 666. The predicted octanol–water partition coefficient (Wildman–Crippen LogP) is 6.65. The van der Waals surface area contributed by atoms with Gasteiger partial charge in [0.2, 0.25) is 5.91 Å². The molecule has 2 rings (SSSR count). The molecule has 1 aliphatic rings. The number of unbranched alkanes of at least 4 members (excludes halogenated alkanes) is 8. The number of nitrogens with one attached hydrogen (secondary N) is 1. The number of carbonyl (C=O) groups is 1. The summed E-state index contributed by atoms with van der Waals surface area (Å²) in [5.41, 5.74) is 6.88. The molecule has 212 valence electrons. The Morgan fingerprint density at radius 3 is 2.41 bits per heavy atom. The first-order valence-electron chi connectivity index (χ1n) is 15.1. The van der Waals surface area contributed by atoms with Gasteiger partial charge in [-0.2, -0.15) is 0 Å². The molecule has 3 N–H and O–H groups in total. The van der Waals surface area contributed by atoms with E-state index in [0.717, 1.165) is 57.1 Å². The van der Waals surface area contributed by atoms with E-state index in [4.69, 9.17) is 19.9 Å². The van der Waals surface area contributed by atoms with Crippen molar-refractivity contribution in [3.05, 3.63) is 35.9 Å². The number of hydrogen-bond acceptors (Lipinski definition) is 5. The number of carbonyl (C=O) groups excluding carboxylic acids is 1. The van der Waals surface area contributed by atoms with Crippen LogP contribution >= 0.6 is 0 Å². The molecule has 0 spiro atoms. The van der Waals surface area contributed by atoms with Crippen LogP contribution < -0.4 is 11.1 Å². The van der Waals surface area contributed by atoms with Gasteiger partial charge in [-0.15, -0.1) is 0 Å². The number of amides is 1. The predicted molar refractivity (Wildman–Crippen MR) is 151 cm³/mol. The smallest absolute Gasteiger partial charge is 0.222 e. The molecule has 1 fully saturated rings. The highest BCUT2D eigenvalue weighted by Crippen LogP contribution is 2.17. The Balaban J connectivity index is 1.78. The average molecular weight is 519 g/mol. The van der Waals surface area contributed by atoms with Crippen molar-refractivity contribution in [3.8, 4) is 0 Å². The van der Waals surface area contributed by atoms with Gasteiger partial charge < -0.3 is 25.3 Å². The number of nitrogens with two attached hydrogens (primary N) is 1. The first-order valence-corrected chi connectivity index (χ1v) is 15.1. The van der Waals surface area contributed by atoms with Crippen LogP contribution in [0.25, 0.3) is 0 Å². The number of benzene rings is 1. The molecular weight excluding hydrogens is 464 g/mol. The third-order valence-electron chi connectivity index (χ3n) is 7.11. The van der Waals surface area contributed by atoms with Crippen molar-refractivity contribution in [2.24, 2.45) is 5.73 Å². The van der Waals surface area contributed by atoms with Gasteiger partial charge in [-0.3, -0.25) is 4.79 Å². The minimum absolute atomic E-state index is 0.0316. The van der Waals surface area contributed by atoms with Crippen molar-refractivity contribution in [1.29, 1.82) is 0 Å². The monoisotopic (exact) mass is 518 g/mol. The summed E-state index contributed by atoms with van der Waals surface area (Å²) in [5.74, 6) is 0.0316. The molecule has 3 atom stereocenters. The van der Waals surface area contributed by atoms with E-state index in [1.807, 2.05) is 18.2 Å². The molecule has 6 heteroatoms. The van der Waals surface area contributed by atoms with E-state index in [1.54, 1.807) is 0 Å². The van der Waals surface area contributed by atoms with Crippen LogP contribution in [0.4, 0.5) is 0 Å². The zero-order chi connectivity index (χ0) is 26.4. The number of ether oxygens (including phenoxy) is 3. The summed E-state index contributed by atoms with van der Waals surface area (Å²) in [5, 5.41) is 3.20. The molecule has 37 heavy (non-hydrogen) atoms. The first-order chi connectivity index (χ1) is 18.2. The largest absolute Gasteiger partial charge is 0.373 e. The highest BCUT2D eigenvalue weighted by molar-refractivity contribution is 5.76. The summed E-state index contributed by atoms with van der Waals surface area (Å²) >= 11 is 0. The van der Waals surface area contributed by atoms with Crippen molar-refractivity contribution >= 4 is 5.91 Å². The molecule has 1 amide bonds. The molecule has 0 bridgehead atoms. The third kappa shape index (κ3) is 16.2. The van der Waals surface area contributed by atoms with Crippen LogP contribution in [-0.4, -0.2) is 44.1 Å². The molecule has 2 unspecified atom stereocenters. The summed E-state index contributed by atoms with van der Waals surface area (Å²) in [6, 6.07) is 10.2. The van der Waals surface area contributed by atoms with E-state index in [1.165, 1.54) is 51.4 Å². The van der Waals surface area contributed by atoms with Gasteiger partial charge in [-0.25, -0.2) is 0 Å². The molecule has 1 heterocycles. The van der Waals surface area contributed by atoms with Crippen LogP contribution in [0, 0.1) is 0 Å². The maximum atomic E-state index is 13.0. The topological polar surface area (TPSA) is 82.8 Å². The Morgan fingerprint density at radius 1 is 1.00 bits per heavy atom. The van der Waals surface area contributed by atoms with E-state index in [0.29, 0.717) is 26.2 Å². The summed E-state index contributed by atoms with van der Waals surface area (Å²) in [4.78, 5) is 13.0. The Labute approximate surface area is 226 Å². The maximum Gasteiger partial charge on any atom is 0.222 e. The van der Waals surface area contributed by atoms with Gasteiger partial charge in [0.15, 0.2) is 6.29 Å². The van der Waals surface area contributed by atoms with Crippen LogP contribution in [-0.2, 0) is 25.6 Å². The van der Waals surface area contributed by atoms with Crippen molar-refractivity contribution in [3.63, 3.8) is 0 Å². The van der Waals surface area contributed by atoms with E-state index < -0.39 is 0 Å². The highest BCUT2D eigenvalue weighted by atomic mass is 16.7. The Kier molecular flexibility index (Phi) is 18.4. The molecule has 0 saturated carbocycles. The minimum Gasteiger partial charge on any atom is -0.373 e. The van der Waals surface area contributed by atoms with Gasteiger partial charge in [-0.1, -0.05) is 95.0 Å². The second kappa shape index (κ2) is 21.5. The van der Waals surface area contributed by atoms with E-state index >= 15 is 0 Å². The van der Waals surface area contributed by atoms with E-state index in [9.17, 15) is 4.79 Å². The molecule has 1 saturated heterocycles. The van der Waals surface area contributed by atoms with Crippen LogP contribution in [0.15, 0.2) is 30.3 Å². The zero-order valence-corrected chi connectivity index (χ0v) is 23.5. The van der Waals surface area contributed by atoms with Crippen LogP contribution in [0.2, 0.25) is 0 Å². The van der Waals surface area contributed by atoms with Gasteiger partial charge in [-0.05, 0) is 50.6 Å². The summed E-state index contributed by atoms with van der Waals surface area (Å²) < 4.78 is 17.9. The molecule has 1 aliphatic heterocycles. The van der Waals surface area contributed by atoms with Gasteiger partial charge in [0.25, 0.3) is 0 Å². The molecule has 1 aromatic rings.